The lowest BCUT2D eigenvalue weighted by molar-refractivity contribution is 0.813. The molecule has 74 valence electrons. The first kappa shape index (κ1) is 12.5. The molecule has 13 heavy (non-hydrogen) atoms. The third-order valence-electron chi connectivity index (χ3n) is 1.88. The van der Waals surface area contributed by atoms with E-state index in [0.29, 0.717) is 0 Å². The normalized spacial score (nSPS) is 11.8. The minimum atomic E-state index is 1.19. The number of rotatable bonds is 8. The Morgan fingerprint density at radius 2 is 1.31 bits per heavy atom. The molecule has 0 bridgehead atoms. The van der Waals surface area contributed by atoms with Gasteiger partial charge in [-0.15, -0.1) is 0 Å². The van der Waals surface area contributed by atoms with Crippen molar-refractivity contribution in [3.63, 3.8) is 0 Å². The van der Waals surface area contributed by atoms with Crippen LogP contribution in [0.4, 0.5) is 0 Å². The van der Waals surface area contributed by atoms with Gasteiger partial charge in [0.25, 0.3) is 0 Å². The second-order valence-corrected chi connectivity index (χ2v) is 3.26. The molecule has 0 spiro atoms. The van der Waals surface area contributed by atoms with Crippen LogP contribution in [-0.4, -0.2) is 0 Å². The highest BCUT2D eigenvalue weighted by molar-refractivity contribution is 5.07. The maximum atomic E-state index is 3.14. The molecule has 0 N–H and O–H groups in total. The zero-order valence-corrected chi connectivity index (χ0v) is 9.05. The number of unbranched alkanes of at least 4 members (excludes halogenated alkanes) is 4. The third-order valence-corrected chi connectivity index (χ3v) is 1.88. The van der Waals surface area contributed by atoms with Crippen LogP contribution in [0, 0.1) is 6.42 Å². The van der Waals surface area contributed by atoms with Gasteiger partial charge in [-0.1, -0.05) is 63.8 Å². The summed E-state index contributed by atoms with van der Waals surface area (Å²) in [6, 6.07) is 0. The molecule has 0 aliphatic carbocycles. The Kier molecular flexibility index (Phi) is 11.0. The predicted octanol–water partition coefficient (Wildman–Crippen LogP) is 4.56. The van der Waals surface area contributed by atoms with Crippen molar-refractivity contribution in [1.82, 2.24) is 0 Å². The van der Waals surface area contributed by atoms with Crippen LogP contribution in [0.1, 0.15) is 52.4 Å². The minimum absolute atomic E-state index is 1.19. The summed E-state index contributed by atoms with van der Waals surface area (Å²) in [6.45, 7) is 4.43. The van der Waals surface area contributed by atoms with E-state index in [4.69, 9.17) is 0 Å². The maximum absolute atomic E-state index is 3.14. The van der Waals surface area contributed by atoms with Gasteiger partial charge in [-0.3, -0.25) is 0 Å². The van der Waals surface area contributed by atoms with Gasteiger partial charge in [-0.2, -0.15) is 0 Å². The maximum Gasteiger partial charge on any atom is 0.0337 e. The summed E-state index contributed by atoms with van der Waals surface area (Å²) in [5.41, 5.74) is 0. The summed E-state index contributed by atoms with van der Waals surface area (Å²) in [7, 11) is 0. The van der Waals surface area contributed by atoms with Gasteiger partial charge in [0.1, 0.15) is 0 Å². The molecule has 0 heteroatoms. The molecule has 0 unspecified atom stereocenters. The Balaban J connectivity index is 3.13. The van der Waals surface area contributed by atoms with Gasteiger partial charge in [-0.05, 0) is 12.8 Å². The molecule has 0 atom stereocenters. The SMILES string of the molecule is CCCCC=C[C]C=CCCCC. The molecule has 0 aromatic rings. The number of hydrogen-bond donors (Lipinski definition) is 0. The highest BCUT2D eigenvalue weighted by Gasteiger charge is 1.79. The van der Waals surface area contributed by atoms with Crippen LogP contribution in [0.25, 0.3) is 0 Å². The monoisotopic (exact) mass is 178 g/mol. The number of allylic oxidation sites excluding steroid dienone is 4. The Hall–Kier alpha value is -0.520. The quantitative estimate of drug-likeness (QED) is 0.478. The van der Waals surface area contributed by atoms with E-state index >= 15 is 0 Å². The first-order valence-corrected chi connectivity index (χ1v) is 5.47. The predicted molar refractivity (Wildman–Crippen MR) is 60.6 cm³/mol. The van der Waals surface area contributed by atoms with E-state index in [0.717, 1.165) is 0 Å². The van der Waals surface area contributed by atoms with E-state index < -0.39 is 0 Å². The average molecular weight is 178 g/mol. The highest BCUT2D eigenvalue weighted by Crippen LogP contribution is 1.98. The summed E-state index contributed by atoms with van der Waals surface area (Å²) in [5, 5.41) is 0. The van der Waals surface area contributed by atoms with Crippen molar-refractivity contribution in [2.45, 2.75) is 52.4 Å². The molecule has 0 nitrogen and oxygen atoms in total. The van der Waals surface area contributed by atoms with Crippen molar-refractivity contribution in [2.24, 2.45) is 0 Å². The summed E-state index contributed by atoms with van der Waals surface area (Å²) in [5.74, 6) is 0. The molecule has 0 saturated heterocycles. The van der Waals surface area contributed by atoms with Crippen molar-refractivity contribution in [2.75, 3.05) is 0 Å². The van der Waals surface area contributed by atoms with E-state index in [9.17, 15) is 0 Å². The van der Waals surface area contributed by atoms with Crippen LogP contribution < -0.4 is 0 Å². The topological polar surface area (TPSA) is 0 Å². The molecule has 0 aromatic heterocycles. The van der Waals surface area contributed by atoms with Crippen LogP contribution in [-0.2, 0) is 0 Å². The fourth-order valence-electron chi connectivity index (χ4n) is 1.00. The van der Waals surface area contributed by atoms with Crippen molar-refractivity contribution < 1.29 is 0 Å². The van der Waals surface area contributed by atoms with Crippen molar-refractivity contribution in [3.05, 3.63) is 30.7 Å². The molecule has 0 aliphatic heterocycles. The minimum Gasteiger partial charge on any atom is -0.0876 e. The van der Waals surface area contributed by atoms with Crippen LogP contribution in [0.5, 0.6) is 0 Å². The molecule has 0 aromatic carbocycles. The third kappa shape index (κ3) is 11.5. The highest BCUT2D eigenvalue weighted by atomic mass is 13.8. The van der Waals surface area contributed by atoms with Gasteiger partial charge < -0.3 is 0 Å². The van der Waals surface area contributed by atoms with E-state index in [2.05, 4.69) is 32.4 Å². The average Bonchev–Trinajstić information content (AvgIpc) is 2.16. The first-order chi connectivity index (χ1) is 6.41. The fraction of sp³-hybridized carbons (Fsp3) is 0.615. The zero-order valence-electron chi connectivity index (χ0n) is 9.05. The van der Waals surface area contributed by atoms with Crippen LogP contribution >= 0.6 is 0 Å². The van der Waals surface area contributed by atoms with Crippen LogP contribution in [0.2, 0.25) is 0 Å². The fourth-order valence-corrected chi connectivity index (χ4v) is 1.00. The smallest absolute Gasteiger partial charge is 0.0337 e. The summed E-state index contributed by atoms with van der Waals surface area (Å²) in [4.78, 5) is 0. The first-order valence-electron chi connectivity index (χ1n) is 5.47. The van der Waals surface area contributed by atoms with Gasteiger partial charge in [0.05, 0.1) is 0 Å². The Morgan fingerprint density at radius 3 is 1.69 bits per heavy atom. The molecule has 0 saturated carbocycles. The summed E-state index contributed by atoms with van der Waals surface area (Å²) < 4.78 is 0. The van der Waals surface area contributed by atoms with Crippen molar-refractivity contribution in [3.8, 4) is 0 Å². The number of hydrogen-bond acceptors (Lipinski definition) is 0. The van der Waals surface area contributed by atoms with Gasteiger partial charge in [0, 0.05) is 6.42 Å². The lowest BCUT2D eigenvalue weighted by Crippen LogP contribution is -1.69. The van der Waals surface area contributed by atoms with Crippen molar-refractivity contribution in [1.29, 1.82) is 0 Å². The second kappa shape index (κ2) is 11.5. The van der Waals surface area contributed by atoms with Crippen LogP contribution in [0.3, 0.4) is 0 Å². The molecule has 2 radical (unpaired) electrons. The Labute approximate surface area is 83.7 Å². The summed E-state index contributed by atoms with van der Waals surface area (Å²) >= 11 is 0. The largest absolute Gasteiger partial charge is 0.0876 e. The summed E-state index contributed by atoms with van der Waals surface area (Å²) in [6.07, 6.45) is 19.1. The lowest BCUT2D eigenvalue weighted by Gasteiger charge is -1.88. The second-order valence-electron chi connectivity index (χ2n) is 3.26. The van der Waals surface area contributed by atoms with Gasteiger partial charge >= 0.3 is 0 Å². The van der Waals surface area contributed by atoms with Gasteiger partial charge in [-0.25, -0.2) is 0 Å². The molecular weight excluding hydrogens is 156 g/mol. The molecular formula is C13H22. The molecule has 0 amide bonds. The van der Waals surface area contributed by atoms with Crippen LogP contribution in [0.15, 0.2) is 24.3 Å². The molecule has 0 aliphatic rings. The van der Waals surface area contributed by atoms with E-state index in [1.165, 1.54) is 38.5 Å². The van der Waals surface area contributed by atoms with Crippen molar-refractivity contribution >= 4 is 0 Å². The van der Waals surface area contributed by atoms with E-state index in [-0.39, 0.29) is 0 Å². The van der Waals surface area contributed by atoms with E-state index in [1.807, 2.05) is 12.2 Å². The van der Waals surface area contributed by atoms with Gasteiger partial charge in [0.2, 0.25) is 0 Å². The van der Waals surface area contributed by atoms with Gasteiger partial charge in [0.15, 0.2) is 0 Å². The lowest BCUT2D eigenvalue weighted by atomic mass is 10.2. The Morgan fingerprint density at radius 1 is 0.846 bits per heavy atom. The zero-order chi connectivity index (χ0) is 9.78. The Bertz CT molecular complexity index is 115. The molecule has 0 heterocycles. The molecule has 0 rings (SSSR count). The standard InChI is InChI=1S/C13H22/c1-3-5-7-9-11-13-12-10-8-6-4-2/h9-12H,3-8H2,1-2H3. The molecule has 0 fully saturated rings. The van der Waals surface area contributed by atoms with E-state index in [1.54, 1.807) is 0 Å².